The van der Waals surface area contributed by atoms with Crippen molar-refractivity contribution >= 4 is 55.1 Å². The van der Waals surface area contributed by atoms with Gasteiger partial charge in [-0.3, -0.25) is 0 Å². The van der Waals surface area contributed by atoms with Crippen LogP contribution in [-0.4, -0.2) is 35.0 Å². The van der Waals surface area contributed by atoms with Crippen molar-refractivity contribution in [3.63, 3.8) is 0 Å². The Kier molecular flexibility index (Phi) is 12.6. The van der Waals surface area contributed by atoms with E-state index in [0.717, 1.165) is 21.8 Å². The second kappa shape index (κ2) is 17.5. The maximum atomic E-state index is 15.5. The van der Waals surface area contributed by atoms with Crippen LogP contribution in [0.5, 0.6) is 0 Å². The van der Waals surface area contributed by atoms with Crippen molar-refractivity contribution in [1.82, 2.24) is 0 Å². The molecule has 302 valence electrons. The van der Waals surface area contributed by atoms with Crippen molar-refractivity contribution in [2.75, 3.05) is 6.16 Å². The first-order valence-corrected chi connectivity index (χ1v) is 26.7. The minimum absolute atomic E-state index is 0.200. The topological polar surface area (TPSA) is 35.5 Å². The maximum absolute atomic E-state index is 15.5. The molecular weight excluding hydrogens is 772 g/mol. The highest BCUT2D eigenvalue weighted by atomic mass is 31.2. The van der Waals surface area contributed by atoms with Crippen LogP contribution in [0.3, 0.4) is 0 Å². The smallest absolute Gasteiger partial charge is 0.261 e. The first kappa shape index (κ1) is 42.5. The van der Waals surface area contributed by atoms with Crippen molar-refractivity contribution in [2.45, 2.75) is 76.7 Å². The van der Waals surface area contributed by atoms with Crippen LogP contribution >= 0.6 is 7.14 Å². The first-order valence-electron chi connectivity index (χ1n) is 21.0. The molecule has 6 aromatic rings. The number of hydrogen-bond donors (Lipinski definition) is 0. The SMILES string of the molecule is C=C1/C(=C/CP(=O)(c2ccccc2)c2ccccc2)CC(O[Si](c2ccccc2)(c2ccccc2)C(C)(C)C)CC1O[Si](c1ccccc1)(c1ccccc1)C(C)(C)C. The van der Waals surface area contributed by atoms with Gasteiger partial charge in [0.1, 0.15) is 7.14 Å². The zero-order valence-corrected chi connectivity index (χ0v) is 38.4. The normalized spacial score (nSPS) is 17.5. The lowest BCUT2D eigenvalue weighted by molar-refractivity contribution is 0.102. The summed E-state index contributed by atoms with van der Waals surface area (Å²) in [6, 6.07) is 63.4. The van der Waals surface area contributed by atoms with Gasteiger partial charge in [-0.2, -0.15) is 0 Å². The minimum Gasteiger partial charge on any atom is -0.404 e. The monoisotopic (exact) mass is 830 g/mol. The highest BCUT2D eigenvalue weighted by Crippen LogP contribution is 2.47. The van der Waals surface area contributed by atoms with Crippen molar-refractivity contribution in [3.8, 4) is 0 Å². The van der Waals surface area contributed by atoms with Gasteiger partial charge >= 0.3 is 0 Å². The number of allylic oxidation sites excluding steroid dienone is 1. The van der Waals surface area contributed by atoms with Crippen molar-refractivity contribution in [2.24, 2.45) is 0 Å². The molecule has 0 bridgehead atoms. The summed E-state index contributed by atoms with van der Waals surface area (Å²) >= 11 is 0. The molecular formula is C53H59O3PSi2. The summed E-state index contributed by atoms with van der Waals surface area (Å²) in [6.45, 7) is 18.9. The van der Waals surface area contributed by atoms with Gasteiger partial charge in [0, 0.05) is 23.2 Å². The van der Waals surface area contributed by atoms with Crippen molar-refractivity contribution < 1.29 is 13.4 Å². The Hall–Kier alpha value is -4.62. The summed E-state index contributed by atoms with van der Waals surface area (Å²) in [7, 11) is -9.04. The van der Waals surface area contributed by atoms with Crippen molar-refractivity contribution in [3.05, 3.63) is 206 Å². The van der Waals surface area contributed by atoms with Crippen LogP contribution in [0.15, 0.2) is 206 Å². The predicted molar refractivity (Wildman–Crippen MR) is 256 cm³/mol. The van der Waals surface area contributed by atoms with E-state index in [4.69, 9.17) is 15.4 Å². The van der Waals surface area contributed by atoms with Crippen LogP contribution in [0.1, 0.15) is 54.4 Å². The van der Waals surface area contributed by atoms with E-state index in [1.54, 1.807) is 0 Å². The molecule has 1 aliphatic rings. The predicted octanol–water partition coefficient (Wildman–Crippen LogP) is 10.2. The molecule has 0 spiro atoms. The molecule has 0 saturated heterocycles. The van der Waals surface area contributed by atoms with Crippen LogP contribution in [0.25, 0.3) is 0 Å². The first-order chi connectivity index (χ1) is 28.3. The number of benzene rings is 6. The summed E-state index contributed by atoms with van der Waals surface area (Å²) in [6.07, 6.45) is 3.33. The molecule has 1 aliphatic carbocycles. The van der Waals surface area contributed by atoms with Gasteiger partial charge in [-0.05, 0) is 48.4 Å². The lowest BCUT2D eigenvalue weighted by Gasteiger charge is -2.49. The molecule has 1 saturated carbocycles. The molecule has 7 rings (SSSR count). The van der Waals surface area contributed by atoms with Crippen LogP contribution in [0.2, 0.25) is 10.1 Å². The largest absolute Gasteiger partial charge is 0.404 e. The summed E-state index contributed by atoms with van der Waals surface area (Å²) in [5, 5.41) is 6.20. The van der Waals surface area contributed by atoms with Crippen LogP contribution in [-0.2, 0) is 13.4 Å². The Morgan fingerprint density at radius 3 is 1.20 bits per heavy atom. The summed E-state index contributed by atoms with van der Waals surface area (Å²) < 4.78 is 31.4. The highest BCUT2D eigenvalue weighted by molar-refractivity contribution is 7.78. The molecule has 6 aromatic carbocycles. The van der Waals surface area contributed by atoms with Gasteiger partial charge in [0.2, 0.25) is 0 Å². The van der Waals surface area contributed by atoms with Gasteiger partial charge in [0.05, 0.1) is 12.2 Å². The Morgan fingerprint density at radius 2 is 0.864 bits per heavy atom. The quantitative estimate of drug-likeness (QED) is 0.0911. The van der Waals surface area contributed by atoms with E-state index in [0.29, 0.717) is 19.0 Å². The molecule has 0 radical (unpaired) electrons. The average molecular weight is 831 g/mol. The Balaban J connectivity index is 1.40. The summed E-state index contributed by atoms with van der Waals surface area (Å²) in [5.74, 6) is 0. The van der Waals surface area contributed by atoms with E-state index in [2.05, 4.69) is 169 Å². The summed E-state index contributed by atoms with van der Waals surface area (Å²) in [4.78, 5) is 0. The Bertz CT molecular complexity index is 2250. The van der Waals surface area contributed by atoms with E-state index in [-0.39, 0.29) is 22.3 Å². The maximum Gasteiger partial charge on any atom is 0.261 e. The third kappa shape index (κ3) is 8.42. The minimum atomic E-state index is -3.06. The van der Waals surface area contributed by atoms with Crippen molar-refractivity contribution in [1.29, 1.82) is 0 Å². The van der Waals surface area contributed by atoms with E-state index in [1.165, 1.54) is 20.7 Å². The molecule has 2 atom stereocenters. The molecule has 0 aliphatic heterocycles. The molecule has 3 nitrogen and oxygen atoms in total. The van der Waals surface area contributed by atoms with E-state index in [1.807, 2.05) is 60.7 Å². The average Bonchev–Trinajstić information content (AvgIpc) is 3.26. The molecule has 1 fully saturated rings. The highest BCUT2D eigenvalue weighted by Gasteiger charge is 2.55. The fraction of sp³-hybridized carbons (Fsp3) is 0.245. The molecule has 0 N–H and O–H groups in total. The fourth-order valence-electron chi connectivity index (χ4n) is 9.25. The molecule has 59 heavy (non-hydrogen) atoms. The van der Waals surface area contributed by atoms with Crippen LogP contribution in [0.4, 0.5) is 0 Å². The van der Waals surface area contributed by atoms with Gasteiger partial charge in [-0.1, -0.05) is 236 Å². The zero-order valence-electron chi connectivity index (χ0n) is 35.6. The van der Waals surface area contributed by atoms with Gasteiger partial charge in [0.15, 0.2) is 0 Å². The standard InChI is InChI=1S/C53H59O3PSi2/c1-42-43(38-39-57(54,45-26-14-8-15-27-45)46-28-16-9-17-29-46)40-44(55-58(52(2,3)4,47-30-18-10-19-31-47)48-32-20-11-21-33-48)41-51(42)56-59(53(5,6)7,49-34-22-12-23-35-49)50-36-24-13-25-37-50/h8-38,44,51H,1,39-41H2,2-7H3/b43-38+. The Labute approximate surface area is 355 Å². The van der Waals surface area contributed by atoms with Crippen LogP contribution in [0, 0.1) is 0 Å². The van der Waals surface area contributed by atoms with Gasteiger partial charge in [0.25, 0.3) is 16.6 Å². The number of rotatable bonds is 12. The summed E-state index contributed by atoms with van der Waals surface area (Å²) in [5.41, 5.74) is 2.02. The van der Waals surface area contributed by atoms with Gasteiger partial charge in [-0.25, -0.2) is 0 Å². The number of hydrogen-bond acceptors (Lipinski definition) is 3. The lowest BCUT2D eigenvalue weighted by Crippen LogP contribution is -2.69. The van der Waals surface area contributed by atoms with Gasteiger partial charge in [-0.15, -0.1) is 0 Å². The molecule has 6 heteroatoms. The molecule has 0 amide bonds. The second-order valence-electron chi connectivity index (χ2n) is 18.0. The molecule has 0 aromatic heterocycles. The third-order valence-electron chi connectivity index (χ3n) is 12.2. The molecule has 2 unspecified atom stereocenters. The lowest BCUT2D eigenvalue weighted by atomic mass is 9.86. The Morgan fingerprint density at radius 1 is 0.542 bits per heavy atom. The molecule has 0 heterocycles. The zero-order chi connectivity index (χ0) is 41.7. The van der Waals surface area contributed by atoms with E-state index >= 15 is 4.57 Å². The van der Waals surface area contributed by atoms with E-state index in [9.17, 15) is 0 Å². The second-order valence-corrected chi connectivity index (χ2v) is 29.3. The van der Waals surface area contributed by atoms with E-state index < -0.39 is 23.8 Å². The fourth-order valence-corrected chi connectivity index (χ4v) is 21.1. The third-order valence-corrected chi connectivity index (χ3v) is 25.3. The van der Waals surface area contributed by atoms with Gasteiger partial charge < -0.3 is 13.4 Å². The van der Waals surface area contributed by atoms with Crippen LogP contribution < -0.4 is 31.4 Å².